The Morgan fingerprint density at radius 2 is 1.58 bits per heavy atom. The Morgan fingerprint density at radius 1 is 1.16 bits per heavy atom. The average Bonchev–Trinajstić information content (AvgIpc) is 2.29. The number of hydrogen-bond acceptors (Lipinski definition) is 3. The zero-order chi connectivity index (χ0) is 15.3. The van der Waals surface area contributed by atoms with E-state index in [1.54, 1.807) is 19.1 Å². The minimum atomic E-state index is -0.965. The molecule has 1 rings (SSSR count). The normalized spacial score (nSPS) is 14.1. The number of aliphatic hydroxyl groups is 2. The molecule has 5 heteroatoms. The van der Waals surface area contributed by atoms with Crippen LogP contribution in [0.4, 0.5) is 0 Å². The predicted molar refractivity (Wildman–Crippen MR) is 75.6 cm³/mol. The summed E-state index contributed by atoms with van der Waals surface area (Å²) in [5.74, 6) is -0.934. The highest BCUT2D eigenvalue weighted by molar-refractivity contribution is 6.30. The molecular weight excluding hydrogens is 268 g/mol. The van der Waals surface area contributed by atoms with E-state index in [1.807, 2.05) is 20.8 Å². The summed E-state index contributed by atoms with van der Waals surface area (Å²) in [6, 6.07) is 6.02. The van der Waals surface area contributed by atoms with Crippen LogP contribution in [-0.2, 0) is 0 Å². The van der Waals surface area contributed by atoms with Crippen LogP contribution in [0.15, 0.2) is 24.3 Å². The zero-order valence-corrected chi connectivity index (χ0v) is 12.4. The summed E-state index contributed by atoms with van der Waals surface area (Å²) in [6.45, 7) is 7.12. The molecule has 1 aromatic carbocycles. The smallest absolute Gasteiger partial charge is 0.335 e. The van der Waals surface area contributed by atoms with E-state index >= 15 is 0 Å². The van der Waals surface area contributed by atoms with E-state index in [4.69, 9.17) is 21.8 Å². The Labute approximate surface area is 118 Å². The van der Waals surface area contributed by atoms with Crippen LogP contribution in [0.5, 0.6) is 0 Å². The van der Waals surface area contributed by atoms with Gasteiger partial charge in [-0.1, -0.05) is 32.4 Å². The fraction of sp³-hybridized carbons (Fsp3) is 0.500. The lowest BCUT2D eigenvalue weighted by atomic mass is 9.78. The second-order valence-electron chi connectivity index (χ2n) is 5.49. The van der Waals surface area contributed by atoms with Crippen LogP contribution >= 0.6 is 11.6 Å². The van der Waals surface area contributed by atoms with Crippen molar-refractivity contribution in [3.05, 3.63) is 34.9 Å². The zero-order valence-electron chi connectivity index (χ0n) is 11.6. The van der Waals surface area contributed by atoms with Gasteiger partial charge >= 0.3 is 5.97 Å². The summed E-state index contributed by atoms with van der Waals surface area (Å²) in [5, 5.41) is 27.1. The number of rotatable bonds is 2. The number of halogens is 1. The van der Waals surface area contributed by atoms with Gasteiger partial charge in [0.05, 0.1) is 17.8 Å². The Morgan fingerprint density at radius 3 is 1.79 bits per heavy atom. The van der Waals surface area contributed by atoms with Gasteiger partial charge in [0, 0.05) is 5.02 Å². The molecule has 0 aromatic heterocycles. The minimum Gasteiger partial charge on any atom is -0.478 e. The first-order valence-corrected chi connectivity index (χ1v) is 6.21. The van der Waals surface area contributed by atoms with E-state index in [0.717, 1.165) is 0 Å². The topological polar surface area (TPSA) is 77.8 Å². The van der Waals surface area contributed by atoms with Gasteiger partial charge in [-0.25, -0.2) is 4.79 Å². The third kappa shape index (κ3) is 6.05. The molecule has 1 unspecified atom stereocenters. The quantitative estimate of drug-likeness (QED) is 0.782. The predicted octanol–water partition coefficient (Wildman–Crippen LogP) is 2.81. The van der Waals surface area contributed by atoms with Crippen LogP contribution in [0.3, 0.4) is 0 Å². The first kappa shape index (κ1) is 17.9. The molecule has 19 heavy (non-hydrogen) atoms. The highest BCUT2D eigenvalue weighted by Gasteiger charge is 2.34. The molecule has 0 bridgehead atoms. The van der Waals surface area contributed by atoms with Crippen molar-refractivity contribution in [2.45, 2.75) is 33.3 Å². The molecule has 3 N–H and O–H groups in total. The van der Waals surface area contributed by atoms with Crippen molar-refractivity contribution in [3.8, 4) is 0 Å². The van der Waals surface area contributed by atoms with Gasteiger partial charge in [-0.15, -0.1) is 0 Å². The third-order valence-corrected chi connectivity index (χ3v) is 3.27. The molecule has 4 nitrogen and oxygen atoms in total. The number of carboxylic acids is 1. The van der Waals surface area contributed by atoms with Crippen molar-refractivity contribution in [2.24, 2.45) is 5.41 Å². The van der Waals surface area contributed by atoms with Crippen LogP contribution in [-0.4, -0.2) is 33.5 Å². The fourth-order valence-electron chi connectivity index (χ4n) is 0.830. The summed E-state index contributed by atoms with van der Waals surface area (Å²) in [7, 11) is 0. The number of carbonyl (C=O) groups is 1. The summed E-state index contributed by atoms with van der Waals surface area (Å²) >= 11 is 5.52. The average molecular weight is 289 g/mol. The number of benzene rings is 1. The van der Waals surface area contributed by atoms with Crippen molar-refractivity contribution >= 4 is 17.6 Å². The molecular formula is C14H21ClO4. The Bertz CT molecular complexity index is 404. The third-order valence-electron chi connectivity index (χ3n) is 3.01. The lowest BCUT2D eigenvalue weighted by Gasteiger charge is -2.35. The SMILES string of the molecule is CC(C)(C)C(C)(O)CO.O=C(O)c1ccc(Cl)cc1. The Kier molecular flexibility index (Phi) is 6.49. The Hall–Kier alpha value is -1.10. The van der Waals surface area contributed by atoms with E-state index in [1.165, 1.54) is 12.1 Å². The van der Waals surface area contributed by atoms with Crippen molar-refractivity contribution in [1.82, 2.24) is 0 Å². The van der Waals surface area contributed by atoms with Crippen LogP contribution in [0.2, 0.25) is 5.02 Å². The summed E-state index contributed by atoms with van der Waals surface area (Å²) in [4.78, 5) is 10.3. The Balaban J connectivity index is 0.000000344. The maximum absolute atomic E-state index is 10.3. The number of carboxylic acid groups (broad SMARTS) is 1. The van der Waals surface area contributed by atoms with Gasteiger partial charge in [-0.3, -0.25) is 0 Å². The molecule has 0 aliphatic heterocycles. The molecule has 1 atom stereocenters. The van der Waals surface area contributed by atoms with Crippen LogP contribution in [0.25, 0.3) is 0 Å². The standard InChI is InChI=1S/C7H5ClO2.C7H16O2/c8-6-3-1-5(2-4-6)7(9)10;1-6(2,3)7(4,9)5-8/h1-4H,(H,9,10);8-9H,5H2,1-4H3. The van der Waals surface area contributed by atoms with E-state index in [2.05, 4.69) is 0 Å². The maximum Gasteiger partial charge on any atom is 0.335 e. The molecule has 0 aliphatic carbocycles. The van der Waals surface area contributed by atoms with Gasteiger partial charge in [0.15, 0.2) is 0 Å². The summed E-state index contributed by atoms with van der Waals surface area (Å²) in [6.07, 6.45) is 0. The first-order chi connectivity index (χ1) is 8.51. The molecule has 108 valence electrons. The molecule has 0 spiro atoms. The van der Waals surface area contributed by atoms with E-state index in [-0.39, 0.29) is 17.6 Å². The summed E-state index contributed by atoms with van der Waals surface area (Å²) in [5.41, 5.74) is -0.959. The second-order valence-corrected chi connectivity index (χ2v) is 5.93. The van der Waals surface area contributed by atoms with Gasteiger partial charge in [-0.2, -0.15) is 0 Å². The largest absolute Gasteiger partial charge is 0.478 e. The van der Waals surface area contributed by atoms with Crippen LogP contribution in [0, 0.1) is 5.41 Å². The van der Waals surface area contributed by atoms with Gasteiger partial charge in [0.2, 0.25) is 0 Å². The molecule has 0 saturated heterocycles. The van der Waals surface area contributed by atoms with Crippen molar-refractivity contribution < 1.29 is 20.1 Å². The van der Waals surface area contributed by atoms with Gasteiger partial charge in [0.1, 0.15) is 0 Å². The van der Waals surface area contributed by atoms with E-state index in [0.29, 0.717) is 5.02 Å². The maximum atomic E-state index is 10.3. The number of aromatic carboxylic acids is 1. The first-order valence-electron chi connectivity index (χ1n) is 5.83. The van der Waals surface area contributed by atoms with Crippen molar-refractivity contribution in [3.63, 3.8) is 0 Å². The minimum absolute atomic E-state index is 0.184. The highest BCUT2D eigenvalue weighted by atomic mass is 35.5. The van der Waals surface area contributed by atoms with Gasteiger partial charge < -0.3 is 15.3 Å². The number of hydrogen-bond donors (Lipinski definition) is 3. The number of aliphatic hydroxyl groups excluding tert-OH is 1. The van der Waals surface area contributed by atoms with E-state index in [9.17, 15) is 9.90 Å². The molecule has 0 aliphatic rings. The molecule has 0 saturated carbocycles. The second kappa shape index (κ2) is 6.89. The van der Waals surface area contributed by atoms with Crippen molar-refractivity contribution in [1.29, 1.82) is 0 Å². The van der Waals surface area contributed by atoms with Gasteiger partial charge in [-0.05, 0) is 36.6 Å². The van der Waals surface area contributed by atoms with Gasteiger partial charge in [0.25, 0.3) is 0 Å². The molecule has 0 radical (unpaired) electrons. The van der Waals surface area contributed by atoms with Crippen molar-refractivity contribution in [2.75, 3.05) is 6.61 Å². The molecule has 0 fully saturated rings. The lowest BCUT2D eigenvalue weighted by Crippen LogP contribution is -2.42. The monoisotopic (exact) mass is 288 g/mol. The van der Waals surface area contributed by atoms with E-state index < -0.39 is 11.6 Å². The highest BCUT2D eigenvalue weighted by Crippen LogP contribution is 2.28. The molecule has 0 heterocycles. The molecule has 1 aromatic rings. The lowest BCUT2D eigenvalue weighted by molar-refractivity contribution is -0.0794. The summed E-state index contributed by atoms with van der Waals surface area (Å²) < 4.78 is 0. The van der Waals surface area contributed by atoms with Crippen LogP contribution < -0.4 is 0 Å². The molecule has 0 amide bonds. The van der Waals surface area contributed by atoms with Crippen LogP contribution in [0.1, 0.15) is 38.1 Å². The fourth-order valence-corrected chi connectivity index (χ4v) is 0.956.